The van der Waals surface area contributed by atoms with Crippen molar-refractivity contribution >= 4 is 11.7 Å². The molecule has 2 aromatic heterocycles. The van der Waals surface area contributed by atoms with E-state index >= 15 is 0 Å². The SMILES string of the molecule is C[C@]12CCC3c4ccccc4CCC3C1[C@H](CCC(=O)Nc1cccc(F)n1)c1c[nH]nc12. The number of amides is 1. The average Bonchev–Trinajstić information content (AvgIpc) is 3.38. The van der Waals surface area contributed by atoms with Crippen LogP contribution in [0.5, 0.6) is 0 Å². The maximum atomic E-state index is 13.4. The zero-order valence-electron chi connectivity index (χ0n) is 18.9. The number of carbonyl (C=O) groups is 1. The number of nitrogens with zero attached hydrogens (tertiary/aromatic N) is 2. The highest BCUT2D eigenvalue weighted by atomic mass is 19.1. The van der Waals surface area contributed by atoms with Crippen LogP contribution in [0.1, 0.15) is 73.2 Å². The van der Waals surface area contributed by atoms with Crippen LogP contribution in [0.25, 0.3) is 0 Å². The molecule has 170 valence electrons. The molecule has 1 aromatic carbocycles. The fraction of sp³-hybridized carbons (Fsp3) is 0.444. The molecule has 0 saturated heterocycles. The number of halogens is 1. The monoisotopic (exact) mass is 444 g/mol. The molecule has 0 aliphatic heterocycles. The summed E-state index contributed by atoms with van der Waals surface area (Å²) in [7, 11) is 0. The van der Waals surface area contributed by atoms with Crippen LogP contribution in [0.3, 0.4) is 0 Å². The van der Waals surface area contributed by atoms with Gasteiger partial charge in [0.1, 0.15) is 5.82 Å². The van der Waals surface area contributed by atoms with Gasteiger partial charge in [-0.2, -0.15) is 9.49 Å². The summed E-state index contributed by atoms with van der Waals surface area (Å²) in [5.74, 6) is 1.53. The zero-order valence-corrected chi connectivity index (χ0v) is 18.9. The van der Waals surface area contributed by atoms with Crippen molar-refractivity contribution in [1.82, 2.24) is 15.2 Å². The second-order valence-electron chi connectivity index (χ2n) is 10.2. The minimum absolute atomic E-state index is 0.0496. The molecular formula is C27H29FN4O. The van der Waals surface area contributed by atoms with Gasteiger partial charge < -0.3 is 5.32 Å². The number of hydrogen-bond donors (Lipinski definition) is 2. The lowest BCUT2D eigenvalue weighted by Gasteiger charge is -2.50. The molecular weight excluding hydrogens is 415 g/mol. The van der Waals surface area contributed by atoms with Gasteiger partial charge in [0, 0.05) is 18.0 Å². The van der Waals surface area contributed by atoms with Gasteiger partial charge in [0.2, 0.25) is 11.9 Å². The molecule has 5 nitrogen and oxygen atoms in total. The first-order chi connectivity index (χ1) is 16.0. The summed E-state index contributed by atoms with van der Waals surface area (Å²) < 4.78 is 13.4. The first-order valence-corrected chi connectivity index (χ1v) is 12.1. The predicted molar refractivity (Wildman–Crippen MR) is 124 cm³/mol. The van der Waals surface area contributed by atoms with Crippen molar-refractivity contribution in [3.05, 3.63) is 77.0 Å². The number of nitrogens with one attached hydrogen (secondary N) is 2. The maximum Gasteiger partial charge on any atom is 0.225 e. The summed E-state index contributed by atoms with van der Waals surface area (Å²) in [6, 6.07) is 13.4. The molecule has 1 fully saturated rings. The van der Waals surface area contributed by atoms with Crippen molar-refractivity contribution in [2.24, 2.45) is 11.8 Å². The number of H-pyrrole nitrogens is 1. The fourth-order valence-electron chi connectivity index (χ4n) is 7.33. The first-order valence-electron chi connectivity index (χ1n) is 12.1. The van der Waals surface area contributed by atoms with Crippen LogP contribution in [0.4, 0.5) is 10.2 Å². The predicted octanol–water partition coefficient (Wildman–Crippen LogP) is 5.47. The highest BCUT2D eigenvalue weighted by Gasteiger charge is 2.58. The molecule has 5 atom stereocenters. The van der Waals surface area contributed by atoms with Gasteiger partial charge in [0.05, 0.1) is 5.69 Å². The van der Waals surface area contributed by atoms with Crippen LogP contribution in [-0.2, 0) is 16.6 Å². The Morgan fingerprint density at radius 2 is 2.06 bits per heavy atom. The molecule has 33 heavy (non-hydrogen) atoms. The zero-order chi connectivity index (χ0) is 22.6. The van der Waals surface area contributed by atoms with Crippen molar-refractivity contribution in [3.63, 3.8) is 0 Å². The molecule has 3 aliphatic carbocycles. The van der Waals surface area contributed by atoms with Gasteiger partial charge >= 0.3 is 0 Å². The molecule has 2 heterocycles. The molecule has 0 radical (unpaired) electrons. The van der Waals surface area contributed by atoms with E-state index < -0.39 is 5.95 Å². The third kappa shape index (κ3) is 3.30. The molecule has 6 rings (SSSR count). The van der Waals surface area contributed by atoms with E-state index in [1.165, 1.54) is 41.3 Å². The van der Waals surface area contributed by atoms with Gasteiger partial charge in [-0.05, 0) is 84.6 Å². The Labute approximate surface area is 193 Å². The number of aromatic nitrogens is 3. The topological polar surface area (TPSA) is 70.7 Å². The van der Waals surface area contributed by atoms with E-state index in [4.69, 9.17) is 5.10 Å². The van der Waals surface area contributed by atoms with Gasteiger partial charge in [-0.25, -0.2) is 4.98 Å². The van der Waals surface area contributed by atoms with Crippen molar-refractivity contribution < 1.29 is 9.18 Å². The standard InChI is InChI=1S/C27H29FN4O/c1-27-14-13-18-17-6-3-2-5-16(17)9-10-19(18)25(27)20(21-15-29-32-26(21)27)11-12-24(33)31-23-8-4-7-22(28)30-23/h2-8,15,18-20,25H,9-14H2,1H3,(H,29,32)(H,30,31,33)/t18?,19?,20-,25?,27+/m1/s1. The van der Waals surface area contributed by atoms with E-state index in [1.54, 1.807) is 12.1 Å². The summed E-state index contributed by atoms with van der Waals surface area (Å²) >= 11 is 0. The second kappa shape index (κ2) is 7.79. The van der Waals surface area contributed by atoms with Gasteiger partial charge in [0.15, 0.2) is 0 Å². The quantitative estimate of drug-likeness (QED) is 0.524. The van der Waals surface area contributed by atoms with Crippen LogP contribution in [-0.4, -0.2) is 21.1 Å². The number of aromatic amines is 1. The van der Waals surface area contributed by atoms with Crippen molar-refractivity contribution in [3.8, 4) is 0 Å². The summed E-state index contributed by atoms with van der Waals surface area (Å²) in [5.41, 5.74) is 5.60. The molecule has 0 spiro atoms. The van der Waals surface area contributed by atoms with E-state index in [0.717, 1.165) is 19.3 Å². The molecule has 3 aromatic rings. The molecule has 6 heteroatoms. The number of anilines is 1. The molecule has 0 bridgehead atoms. The Bertz CT molecular complexity index is 1210. The number of aryl methyl sites for hydroxylation is 1. The summed E-state index contributed by atoms with van der Waals surface area (Å²) in [5, 5.41) is 10.6. The number of fused-ring (bicyclic) bond motifs is 7. The Balaban J connectivity index is 1.26. The van der Waals surface area contributed by atoms with Crippen molar-refractivity contribution in [2.45, 2.75) is 62.7 Å². The number of rotatable bonds is 4. The molecule has 3 aliphatic rings. The smallest absolute Gasteiger partial charge is 0.225 e. The fourth-order valence-corrected chi connectivity index (χ4v) is 7.33. The average molecular weight is 445 g/mol. The van der Waals surface area contributed by atoms with Crippen LogP contribution in [0.15, 0.2) is 48.7 Å². The van der Waals surface area contributed by atoms with E-state index in [9.17, 15) is 9.18 Å². The summed E-state index contributed by atoms with van der Waals surface area (Å²) in [6.07, 6.45) is 7.85. The Hall–Kier alpha value is -3.02. The van der Waals surface area contributed by atoms with Crippen molar-refractivity contribution in [1.29, 1.82) is 0 Å². The van der Waals surface area contributed by atoms with Crippen LogP contribution in [0, 0.1) is 17.8 Å². The normalized spacial score (nSPS) is 29.5. The maximum absolute atomic E-state index is 13.4. The lowest BCUT2D eigenvalue weighted by molar-refractivity contribution is -0.116. The minimum Gasteiger partial charge on any atom is -0.311 e. The van der Waals surface area contributed by atoms with E-state index in [-0.39, 0.29) is 17.1 Å². The van der Waals surface area contributed by atoms with Gasteiger partial charge in [0.25, 0.3) is 0 Å². The highest BCUT2D eigenvalue weighted by molar-refractivity contribution is 5.89. The first kappa shape index (κ1) is 20.6. The Morgan fingerprint density at radius 1 is 1.18 bits per heavy atom. The third-order valence-electron chi connectivity index (χ3n) is 8.60. The third-order valence-corrected chi connectivity index (χ3v) is 8.60. The van der Waals surface area contributed by atoms with Crippen LogP contribution >= 0.6 is 0 Å². The van der Waals surface area contributed by atoms with Crippen LogP contribution in [0.2, 0.25) is 0 Å². The van der Waals surface area contributed by atoms with Gasteiger partial charge in [-0.3, -0.25) is 9.89 Å². The number of carbonyl (C=O) groups excluding carboxylic acids is 1. The number of pyridine rings is 1. The Kier molecular flexibility index (Phi) is 4.86. The second-order valence-corrected chi connectivity index (χ2v) is 10.2. The minimum atomic E-state index is -0.590. The van der Waals surface area contributed by atoms with Crippen LogP contribution < -0.4 is 5.32 Å². The van der Waals surface area contributed by atoms with E-state index in [1.807, 2.05) is 0 Å². The lowest BCUT2D eigenvalue weighted by Crippen LogP contribution is -2.44. The van der Waals surface area contributed by atoms with Gasteiger partial charge in [-0.15, -0.1) is 0 Å². The lowest BCUT2D eigenvalue weighted by atomic mass is 9.53. The highest BCUT2D eigenvalue weighted by Crippen LogP contribution is 2.64. The van der Waals surface area contributed by atoms with E-state index in [0.29, 0.717) is 30.1 Å². The summed E-state index contributed by atoms with van der Waals surface area (Å²) in [6.45, 7) is 2.39. The summed E-state index contributed by atoms with van der Waals surface area (Å²) in [4.78, 5) is 16.5. The molecule has 1 amide bonds. The number of benzene rings is 1. The molecule has 3 unspecified atom stereocenters. The molecule has 1 saturated carbocycles. The van der Waals surface area contributed by atoms with E-state index in [2.05, 4.69) is 52.8 Å². The molecule has 2 N–H and O–H groups in total. The van der Waals surface area contributed by atoms with Crippen molar-refractivity contribution in [2.75, 3.05) is 5.32 Å². The largest absolute Gasteiger partial charge is 0.311 e. The number of hydrogen-bond acceptors (Lipinski definition) is 3. The van der Waals surface area contributed by atoms with Gasteiger partial charge in [-0.1, -0.05) is 37.3 Å². The Morgan fingerprint density at radius 3 is 2.94 bits per heavy atom.